The van der Waals surface area contributed by atoms with Crippen molar-refractivity contribution < 1.29 is 19.4 Å². The molecule has 2 unspecified atom stereocenters. The van der Waals surface area contributed by atoms with Gasteiger partial charge in [-0.25, -0.2) is 9.78 Å². The quantitative estimate of drug-likeness (QED) is 0.652. The zero-order valence-electron chi connectivity index (χ0n) is 11.3. The molecule has 1 fully saturated rings. The summed E-state index contributed by atoms with van der Waals surface area (Å²) in [5, 5.41) is 12.4. The van der Waals surface area contributed by atoms with E-state index in [1.165, 1.54) is 29.4 Å². The van der Waals surface area contributed by atoms with Crippen molar-refractivity contribution in [1.82, 2.24) is 9.88 Å². The van der Waals surface area contributed by atoms with E-state index in [1.54, 1.807) is 6.08 Å². The molecule has 108 valence electrons. The highest BCUT2D eigenvalue weighted by Crippen LogP contribution is 2.20. The van der Waals surface area contributed by atoms with Crippen molar-refractivity contribution in [2.24, 2.45) is 0 Å². The largest absolute Gasteiger partial charge is 0.467 e. The van der Waals surface area contributed by atoms with Crippen LogP contribution in [0.3, 0.4) is 0 Å². The van der Waals surface area contributed by atoms with E-state index in [4.69, 9.17) is 0 Å². The second-order valence-corrected chi connectivity index (χ2v) is 5.61. The number of thiazole rings is 1. The highest BCUT2D eigenvalue weighted by atomic mass is 32.1. The molecule has 6 nitrogen and oxygen atoms in total. The molecule has 1 aromatic rings. The van der Waals surface area contributed by atoms with Crippen LogP contribution in [0.1, 0.15) is 17.1 Å². The number of hydrogen-bond acceptors (Lipinski definition) is 6. The Morgan fingerprint density at radius 1 is 1.60 bits per heavy atom. The van der Waals surface area contributed by atoms with Crippen LogP contribution in [0.25, 0.3) is 6.08 Å². The number of aryl methyl sites for hydroxylation is 1. The fourth-order valence-electron chi connectivity index (χ4n) is 2.13. The van der Waals surface area contributed by atoms with E-state index >= 15 is 0 Å². The number of carbonyl (C=O) groups is 2. The van der Waals surface area contributed by atoms with Gasteiger partial charge in [0, 0.05) is 24.4 Å². The predicted octanol–water partition coefficient (Wildman–Crippen LogP) is 0.600. The number of amides is 1. The van der Waals surface area contributed by atoms with Crippen LogP contribution < -0.4 is 0 Å². The second-order valence-electron chi connectivity index (χ2n) is 4.54. The van der Waals surface area contributed by atoms with E-state index in [9.17, 15) is 14.7 Å². The maximum Gasteiger partial charge on any atom is 0.328 e. The first-order valence-corrected chi connectivity index (χ1v) is 7.06. The lowest BCUT2D eigenvalue weighted by atomic mass is 10.2. The highest BCUT2D eigenvalue weighted by Gasteiger charge is 2.38. The number of nitrogens with zero attached hydrogens (tertiary/aromatic N) is 2. The molecule has 1 aliphatic rings. The summed E-state index contributed by atoms with van der Waals surface area (Å²) in [6, 6.07) is -0.718. The zero-order valence-corrected chi connectivity index (χ0v) is 12.1. The number of ether oxygens (including phenoxy) is 1. The van der Waals surface area contributed by atoms with Crippen LogP contribution in [0.4, 0.5) is 0 Å². The van der Waals surface area contributed by atoms with Crippen LogP contribution in [-0.4, -0.2) is 52.7 Å². The van der Waals surface area contributed by atoms with Gasteiger partial charge in [-0.3, -0.25) is 4.79 Å². The minimum atomic E-state index is -0.718. The number of likely N-dealkylation sites (tertiary alicyclic amines) is 1. The molecule has 0 saturated carbocycles. The van der Waals surface area contributed by atoms with Crippen molar-refractivity contribution in [1.29, 1.82) is 0 Å². The van der Waals surface area contributed by atoms with Crippen LogP contribution >= 0.6 is 11.3 Å². The first-order chi connectivity index (χ1) is 9.51. The minimum absolute atomic E-state index is 0.138. The van der Waals surface area contributed by atoms with Crippen LogP contribution in [-0.2, 0) is 14.3 Å². The lowest BCUT2D eigenvalue weighted by molar-refractivity contribution is -0.149. The monoisotopic (exact) mass is 296 g/mol. The molecule has 1 aromatic heterocycles. The van der Waals surface area contributed by atoms with E-state index in [1.807, 2.05) is 12.3 Å². The Hall–Kier alpha value is -1.73. The third-order valence-corrected chi connectivity index (χ3v) is 3.86. The van der Waals surface area contributed by atoms with Gasteiger partial charge in [0.05, 0.1) is 23.9 Å². The van der Waals surface area contributed by atoms with Crippen molar-refractivity contribution >= 4 is 29.3 Å². The molecule has 0 spiro atoms. The number of carbonyl (C=O) groups excluding carboxylic acids is 2. The molecular formula is C13H16N2O4S. The van der Waals surface area contributed by atoms with Crippen molar-refractivity contribution in [2.75, 3.05) is 13.7 Å². The van der Waals surface area contributed by atoms with Gasteiger partial charge in [0.25, 0.3) is 0 Å². The normalized spacial score (nSPS) is 22.4. The van der Waals surface area contributed by atoms with Gasteiger partial charge in [-0.05, 0) is 13.0 Å². The van der Waals surface area contributed by atoms with Gasteiger partial charge in [0.15, 0.2) is 0 Å². The van der Waals surface area contributed by atoms with E-state index in [-0.39, 0.29) is 18.9 Å². The van der Waals surface area contributed by atoms with Crippen molar-refractivity contribution in [2.45, 2.75) is 25.5 Å². The van der Waals surface area contributed by atoms with Gasteiger partial charge in [-0.15, -0.1) is 11.3 Å². The van der Waals surface area contributed by atoms with Crippen LogP contribution in [0.15, 0.2) is 11.5 Å². The molecule has 7 heteroatoms. The SMILES string of the molecule is COC(=O)C1CC(O)CN1C(=O)/C=C/c1csc(C)n1. The molecule has 1 saturated heterocycles. The molecule has 2 atom stereocenters. The van der Waals surface area contributed by atoms with Gasteiger partial charge >= 0.3 is 5.97 Å². The smallest absolute Gasteiger partial charge is 0.328 e. The Morgan fingerprint density at radius 3 is 2.95 bits per heavy atom. The first kappa shape index (κ1) is 14.7. The van der Waals surface area contributed by atoms with Gasteiger partial charge in [0.2, 0.25) is 5.91 Å². The predicted molar refractivity (Wildman–Crippen MR) is 74.0 cm³/mol. The summed E-state index contributed by atoms with van der Waals surface area (Å²) < 4.78 is 4.65. The number of methoxy groups -OCH3 is 1. The number of hydrogen-bond donors (Lipinski definition) is 1. The molecular weight excluding hydrogens is 280 g/mol. The summed E-state index contributed by atoms with van der Waals surface area (Å²) in [4.78, 5) is 29.2. The molecule has 2 heterocycles. The summed E-state index contributed by atoms with van der Waals surface area (Å²) >= 11 is 1.50. The molecule has 1 N–H and O–H groups in total. The van der Waals surface area contributed by atoms with Gasteiger partial charge in [-0.1, -0.05) is 0 Å². The van der Waals surface area contributed by atoms with E-state index in [0.29, 0.717) is 5.69 Å². The van der Waals surface area contributed by atoms with E-state index in [0.717, 1.165) is 5.01 Å². The van der Waals surface area contributed by atoms with Crippen molar-refractivity contribution in [3.05, 3.63) is 22.2 Å². The Labute approximate surface area is 120 Å². The Kier molecular flexibility index (Phi) is 4.51. The third kappa shape index (κ3) is 3.23. The minimum Gasteiger partial charge on any atom is -0.467 e. The first-order valence-electron chi connectivity index (χ1n) is 6.18. The number of aliphatic hydroxyl groups excluding tert-OH is 1. The fraction of sp³-hybridized carbons (Fsp3) is 0.462. The number of aromatic nitrogens is 1. The molecule has 2 rings (SSSR count). The molecule has 0 aromatic carbocycles. The summed E-state index contributed by atoms with van der Waals surface area (Å²) in [6.07, 6.45) is 2.48. The summed E-state index contributed by atoms with van der Waals surface area (Å²) in [6.45, 7) is 2.02. The Bertz CT molecular complexity index is 540. The second kappa shape index (κ2) is 6.15. The Morgan fingerprint density at radius 2 is 2.35 bits per heavy atom. The van der Waals surface area contributed by atoms with Crippen LogP contribution in [0.2, 0.25) is 0 Å². The average Bonchev–Trinajstić information content (AvgIpc) is 3.01. The van der Waals surface area contributed by atoms with Gasteiger partial charge in [0.1, 0.15) is 6.04 Å². The van der Waals surface area contributed by atoms with E-state index < -0.39 is 18.1 Å². The molecule has 20 heavy (non-hydrogen) atoms. The number of esters is 1. The number of aliphatic hydroxyl groups is 1. The third-order valence-electron chi connectivity index (χ3n) is 3.07. The zero-order chi connectivity index (χ0) is 14.7. The van der Waals surface area contributed by atoms with Crippen molar-refractivity contribution in [3.63, 3.8) is 0 Å². The van der Waals surface area contributed by atoms with E-state index in [2.05, 4.69) is 9.72 Å². The number of rotatable bonds is 3. The lowest BCUT2D eigenvalue weighted by Crippen LogP contribution is -2.40. The summed E-state index contributed by atoms with van der Waals surface area (Å²) in [5.74, 6) is -0.838. The molecule has 1 aliphatic heterocycles. The molecule has 0 bridgehead atoms. The van der Waals surface area contributed by atoms with Crippen molar-refractivity contribution in [3.8, 4) is 0 Å². The molecule has 0 aliphatic carbocycles. The van der Waals surface area contributed by atoms with Gasteiger partial charge in [-0.2, -0.15) is 0 Å². The summed E-state index contributed by atoms with van der Waals surface area (Å²) in [7, 11) is 1.27. The molecule has 0 radical (unpaired) electrons. The summed E-state index contributed by atoms with van der Waals surface area (Å²) in [5.41, 5.74) is 0.704. The highest BCUT2D eigenvalue weighted by molar-refractivity contribution is 7.09. The maximum absolute atomic E-state index is 12.1. The standard InChI is InChI=1S/C13H16N2O4S/c1-8-14-9(7-20-8)3-4-12(17)15-6-10(16)5-11(15)13(18)19-2/h3-4,7,10-11,16H,5-6H2,1-2H3/b4-3+. The molecule has 1 amide bonds. The maximum atomic E-state index is 12.1. The van der Waals surface area contributed by atoms with Crippen LogP contribution in [0.5, 0.6) is 0 Å². The van der Waals surface area contributed by atoms with Gasteiger partial charge < -0.3 is 14.7 Å². The Balaban J connectivity index is 2.07. The van der Waals surface area contributed by atoms with Crippen LogP contribution in [0, 0.1) is 6.92 Å². The number of β-amino-alcohol motifs (C(OH)–C–C–N with tert-alkyl or cyclic N) is 1. The topological polar surface area (TPSA) is 79.7 Å². The fourth-order valence-corrected chi connectivity index (χ4v) is 2.71. The average molecular weight is 296 g/mol. The lowest BCUT2D eigenvalue weighted by Gasteiger charge is -2.20.